The summed E-state index contributed by atoms with van der Waals surface area (Å²) in [5.74, 6) is 1.66. The van der Waals surface area contributed by atoms with Crippen LogP contribution in [0.1, 0.15) is 32.4 Å². The number of aromatic nitrogens is 2. The zero-order chi connectivity index (χ0) is 13.7. The highest BCUT2D eigenvalue weighted by Crippen LogP contribution is 2.25. The molecule has 0 aliphatic rings. The number of para-hydroxylation sites is 1. The van der Waals surface area contributed by atoms with Crippen LogP contribution in [0.2, 0.25) is 0 Å². The van der Waals surface area contributed by atoms with Gasteiger partial charge in [0.05, 0.1) is 12.4 Å². The number of benzene rings is 1. The van der Waals surface area contributed by atoms with Crippen LogP contribution >= 0.6 is 0 Å². The topological polar surface area (TPSA) is 39.1 Å². The van der Waals surface area contributed by atoms with E-state index in [2.05, 4.69) is 37.3 Å². The maximum atomic E-state index is 5.91. The van der Waals surface area contributed by atoms with Crippen LogP contribution in [0.3, 0.4) is 0 Å². The van der Waals surface area contributed by atoms with Gasteiger partial charge in [-0.1, -0.05) is 25.1 Å². The highest BCUT2D eigenvalue weighted by atomic mass is 16.5. The maximum absolute atomic E-state index is 5.91. The van der Waals surface area contributed by atoms with E-state index in [1.54, 1.807) is 6.20 Å². The molecule has 1 aromatic heterocycles. The Morgan fingerprint density at radius 1 is 1.32 bits per heavy atom. The fourth-order valence-corrected chi connectivity index (χ4v) is 1.79. The molecule has 0 saturated heterocycles. The molecule has 0 spiro atoms. The summed E-state index contributed by atoms with van der Waals surface area (Å²) in [4.78, 5) is 0. The Morgan fingerprint density at radius 3 is 2.79 bits per heavy atom. The van der Waals surface area contributed by atoms with E-state index in [9.17, 15) is 0 Å². The van der Waals surface area contributed by atoms with Crippen LogP contribution < -0.4 is 10.1 Å². The first-order chi connectivity index (χ1) is 9.20. The quantitative estimate of drug-likeness (QED) is 0.864. The number of nitrogens with one attached hydrogen (secondary N) is 1. The third-order valence-electron chi connectivity index (χ3n) is 2.87. The Balaban J connectivity index is 2.13. The van der Waals surface area contributed by atoms with Crippen molar-refractivity contribution in [3.63, 3.8) is 0 Å². The molecule has 0 amide bonds. The summed E-state index contributed by atoms with van der Waals surface area (Å²) in [6.07, 6.45) is 3.68. The fraction of sp³-hybridized carbons (Fsp3) is 0.400. The van der Waals surface area contributed by atoms with Crippen molar-refractivity contribution in [1.29, 1.82) is 0 Å². The number of ether oxygens (including phenoxy) is 1. The minimum Gasteiger partial charge on any atom is -0.454 e. The third kappa shape index (κ3) is 3.58. The molecular formula is C15H21N3O. The molecule has 102 valence electrons. The molecule has 0 fully saturated rings. The lowest BCUT2D eigenvalue weighted by molar-refractivity contribution is 0.468. The summed E-state index contributed by atoms with van der Waals surface area (Å²) in [5, 5.41) is 7.59. The lowest BCUT2D eigenvalue weighted by Gasteiger charge is -2.10. The van der Waals surface area contributed by atoms with Crippen LogP contribution in [0.15, 0.2) is 36.7 Å². The van der Waals surface area contributed by atoms with Crippen LogP contribution in [-0.2, 0) is 6.54 Å². The van der Waals surface area contributed by atoms with Gasteiger partial charge in [-0.2, -0.15) is 5.10 Å². The lowest BCUT2D eigenvalue weighted by Crippen LogP contribution is -2.12. The van der Waals surface area contributed by atoms with Crippen LogP contribution in [0, 0.1) is 0 Å². The molecule has 19 heavy (non-hydrogen) atoms. The number of rotatable bonds is 6. The lowest BCUT2D eigenvalue weighted by atomic mass is 10.2. The molecule has 0 saturated carbocycles. The summed E-state index contributed by atoms with van der Waals surface area (Å²) < 4.78 is 7.81. The number of hydrogen-bond donors (Lipinski definition) is 1. The van der Waals surface area contributed by atoms with Crippen LogP contribution in [0.4, 0.5) is 0 Å². The Bertz CT molecular complexity index is 520. The Morgan fingerprint density at radius 2 is 2.11 bits per heavy atom. The van der Waals surface area contributed by atoms with E-state index < -0.39 is 0 Å². The second-order valence-corrected chi connectivity index (χ2v) is 4.74. The first kappa shape index (κ1) is 13.6. The predicted molar refractivity (Wildman–Crippen MR) is 76.5 cm³/mol. The molecule has 0 bridgehead atoms. The highest BCUT2D eigenvalue weighted by molar-refractivity contribution is 5.36. The van der Waals surface area contributed by atoms with Gasteiger partial charge in [-0.15, -0.1) is 0 Å². The van der Waals surface area contributed by atoms with Crippen molar-refractivity contribution in [2.75, 3.05) is 6.54 Å². The van der Waals surface area contributed by atoms with Crippen molar-refractivity contribution in [3.8, 4) is 11.5 Å². The first-order valence-electron chi connectivity index (χ1n) is 6.71. The van der Waals surface area contributed by atoms with Gasteiger partial charge in [0.25, 0.3) is 0 Å². The van der Waals surface area contributed by atoms with Gasteiger partial charge >= 0.3 is 0 Å². The average Bonchev–Trinajstić information content (AvgIpc) is 2.86. The summed E-state index contributed by atoms with van der Waals surface area (Å²) in [5.41, 5.74) is 1.15. The molecule has 2 aromatic rings. The van der Waals surface area contributed by atoms with Crippen molar-refractivity contribution in [3.05, 3.63) is 42.2 Å². The highest BCUT2D eigenvalue weighted by Gasteiger charge is 2.07. The third-order valence-corrected chi connectivity index (χ3v) is 2.87. The minimum absolute atomic E-state index is 0.342. The first-order valence-corrected chi connectivity index (χ1v) is 6.71. The molecule has 0 aliphatic carbocycles. The molecule has 2 rings (SSSR count). The monoisotopic (exact) mass is 259 g/mol. The van der Waals surface area contributed by atoms with E-state index in [-0.39, 0.29) is 0 Å². The van der Waals surface area contributed by atoms with Crippen LogP contribution in [-0.4, -0.2) is 16.3 Å². The van der Waals surface area contributed by atoms with Gasteiger partial charge in [-0.3, -0.25) is 4.68 Å². The Labute approximate surface area is 114 Å². The molecule has 1 N–H and O–H groups in total. The molecule has 0 unspecified atom stereocenters. The molecule has 4 nitrogen and oxygen atoms in total. The smallest absolute Gasteiger partial charge is 0.165 e. The number of hydrogen-bond acceptors (Lipinski definition) is 3. The van der Waals surface area contributed by atoms with Crippen molar-refractivity contribution in [2.24, 2.45) is 0 Å². The van der Waals surface area contributed by atoms with E-state index in [0.717, 1.165) is 30.2 Å². The van der Waals surface area contributed by atoms with Gasteiger partial charge in [-0.05, 0) is 26.5 Å². The molecule has 0 atom stereocenters. The molecule has 0 aliphatic heterocycles. The van der Waals surface area contributed by atoms with Crippen LogP contribution in [0.25, 0.3) is 0 Å². The maximum Gasteiger partial charge on any atom is 0.165 e. The Kier molecular flexibility index (Phi) is 4.58. The number of nitrogens with zero attached hydrogens (tertiary/aromatic N) is 2. The second-order valence-electron chi connectivity index (χ2n) is 4.74. The van der Waals surface area contributed by atoms with Crippen LogP contribution in [0.5, 0.6) is 11.5 Å². The minimum atomic E-state index is 0.342. The summed E-state index contributed by atoms with van der Waals surface area (Å²) >= 11 is 0. The van der Waals surface area contributed by atoms with Gasteiger partial charge in [0.15, 0.2) is 5.75 Å². The molecule has 0 radical (unpaired) electrons. The van der Waals surface area contributed by atoms with Gasteiger partial charge in [0.2, 0.25) is 0 Å². The normalized spacial score (nSPS) is 10.9. The predicted octanol–water partition coefficient (Wildman–Crippen LogP) is 3.37. The van der Waals surface area contributed by atoms with E-state index in [1.807, 2.05) is 29.1 Å². The van der Waals surface area contributed by atoms with Crippen molar-refractivity contribution >= 4 is 0 Å². The van der Waals surface area contributed by atoms with E-state index in [4.69, 9.17) is 4.74 Å². The second kappa shape index (κ2) is 6.38. The largest absolute Gasteiger partial charge is 0.454 e. The van der Waals surface area contributed by atoms with Gasteiger partial charge < -0.3 is 10.1 Å². The zero-order valence-corrected chi connectivity index (χ0v) is 11.8. The Hall–Kier alpha value is -1.81. The van der Waals surface area contributed by atoms with E-state index in [0.29, 0.717) is 6.04 Å². The summed E-state index contributed by atoms with van der Waals surface area (Å²) in [7, 11) is 0. The fourth-order valence-electron chi connectivity index (χ4n) is 1.79. The van der Waals surface area contributed by atoms with Gasteiger partial charge in [-0.25, -0.2) is 0 Å². The van der Waals surface area contributed by atoms with Crippen molar-refractivity contribution < 1.29 is 4.74 Å². The molecule has 1 aromatic carbocycles. The zero-order valence-electron chi connectivity index (χ0n) is 11.8. The summed E-state index contributed by atoms with van der Waals surface area (Å²) in [6.45, 7) is 8.03. The molecule has 1 heterocycles. The molecule has 4 heteroatoms. The van der Waals surface area contributed by atoms with Crippen molar-refractivity contribution in [2.45, 2.75) is 33.4 Å². The van der Waals surface area contributed by atoms with Gasteiger partial charge in [0.1, 0.15) is 5.75 Å². The van der Waals surface area contributed by atoms with Crippen molar-refractivity contribution in [1.82, 2.24) is 15.1 Å². The van der Waals surface area contributed by atoms with E-state index in [1.165, 1.54) is 0 Å². The van der Waals surface area contributed by atoms with E-state index >= 15 is 0 Å². The summed E-state index contributed by atoms with van der Waals surface area (Å²) in [6, 6.07) is 8.41. The molecular weight excluding hydrogens is 238 g/mol. The SMILES string of the molecule is CCNCc1ccccc1Oc1cnn(C(C)C)c1. The standard InChI is InChI=1S/C15H21N3O/c1-4-16-9-13-7-5-6-8-15(13)19-14-10-17-18(11-14)12(2)3/h5-8,10-12,16H,4,9H2,1-3H3. The van der Waals surface area contributed by atoms with Gasteiger partial charge in [0, 0.05) is 18.2 Å². The average molecular weight is 259 g/mol.